The van der Waals surface area contributed by atoms with Crippen molar-refractivity contribution in [2.45, 2.75) is 51.0 Å². The smallest absolute Gasteiger partial charge is 0.128 e. The molecule has 1 nitrogen and oxygen atoms in total. The minimum Gasteiger partial charge on any atom is -0.377 e. The van der Waals surface area contributed by atoms with Gasteiger partial charge in [-0.3, -0.25) is 0 Å². The predicted molar refractivity (Wildman–Crippen MR) is 50.6 cm³/mol. The molecule has 1 rings (SSSR count). The molecule has 0 aromatic rings. The zero-order chi connectivity index (χ0) is 9.03. The van der Waals surface area contributed by atoms with E-state index in [1.807, 2.05) is 0 Å². The maximum Gasteiger partial charge on any atom is 0.128 e. The van der Waals surface area contributed by atoms with Crippen molar-refractivity contribution in [1.29, 1.82) is 0 Å². The highest BCUT2D eigenvalue weighted by Gasteiger charge is 2.38. The highest BCUT2D eigenvalue weighted by atomic mass is 16.3. The van der Waals surface area contributed by atoms with E-state index in [4.69, 9.17) is 6.42 Å². The van der Waals surface area contributed by atoms with Crippen LogP contribution in [0.2, 0.25) is 0 Å². The van der Waals surface area contributed by atoms with Gasteiger partial charge in [0.15, 0.2) is 0 Å². The molecule has 0 aromatic carbocycles. The van der Waals surface area contributed by atoms with Crippen LogP contribution in [0.25, 0.3) is 0 Å². The first-order valence-corrected chi connectivity index (χ1v) is 4.93. The molecule has 0 bridgehead atoms. The predicted octanol–water partition coefficient (Wildman–Crippen LogP) is 2.34. The monoisotopic (exact) mass is 166 g/mol. The molecule has 12 heavy (non-hydrogen) atoms. The van der Waals surface area contributed by atoms with Gasteiger partial charge in [-0.05, 0) is 31.6 Å². The third kappa shape index (κ3) is 1.81. The first-order chi connectivity index (χ1) is 5.73. The molecule has 0 amide bonds. The summed E-state index contributed by atoms with van der Waals surface area (Å²) in [4.78, 5) is 0. The van der Waals surface area contributed by atoms with Gasteiger partial charge in [-0.15, -0.1) is 6.42 Å². The van der Waals surface area contributed by atoms with Gasteiger partial charge in [-0.2, -0.15) is 0 Å². The van der Waals surface area contributed by atoms with Crippen molar-refractivity contribution in [2.75, 3.05) is 0 Å². The molecule has 0 aliphatic heterocycles. The van der Waals surface area contributed by atoms with Crippen molar-refractivity contribution in [2.24, 2.45) is 5.92 Å². The normalized spacial score (nSPS) is 34.9. The summed E-state index contributed by atoms with van der Waals surface area (Å²) in [5, 5.41) is 9.95. The Morgan fingerprint density at radius 3 is 3.00 bits per heavy atom. The summed E-state index contributed by atoms with van der Waals surface area (Å²) in [5.41, 5.74) is -0.769. The van der Waals surface area contributed by atoms with E-state index in [9.17, 15) is 5.11 Å². The van der Waals surface area contributed by atoms with Gasteiger partial charge in [0.25, 0.3) is 0 Å². The molecule has 0 aromatic heterocycles. The third-order valence-electron chi connectivity index (χ3n) is 2.94. The van der Waals surface area contributed by atoms with Crippen molar-refractivity contribution in [1.82, 2.24) is 0 Å². The Morgan fingerprint density at radius 1 is 1.67 bits per heavy atom. The van der Waals surface area contributed by atoms with Gasteiger partial charge in [0.1, 0.15) is 5.60 Å². The molecule has 0 radical (unpaired) electrons. The molecule has 1 aliphatic rings. The van der Waals surface area contributed by atoms with Crippen LogP contribution < -0.4 is 0 Å². The van der Waals surface area contributed by atoms with E-state index in [0.29, 0.717) is 5.92 Å². The number of unbranched alkanes of at least 4 members (excludes halogenated alkanes) is 1. The molecule has 68 valence electrons. The number of terminal acetylenes is 1. The van der Waals surface area contributed by atoms with Gasteiger partial charge in [-0.1, -0.05) is 25.7 Å². The minimum atomic E-state index is -0.769. The van der Waals surface area contributed by atoms with Crippen LogP contribution >= 0.6 is 0 Å². The van der Waals surface area contributed by atoms with Crippen LogP contribution in [-0.4, -0.2) is 10.7 Å². The minimum absolute atomic E-state index is 0.363. The maximum absolute atomic E-state index is 9.95. The first kappa shape index (κ1) is 9.61. The van der Waals surface area contributed by atoms with E-state index < -0.39 is 5.60 Å². The molecule has 1 saturated carbocycles. The molecule has 0 heterocycles. The van der Waals surface area contributed by atoms with Crippen LogP contribution in [-0.2, 0) is 0 Å². The van der Waals surface area contributed by atoms with Gasteiger partial charge in [-0.25, -0.2) is 0 Å². The molecule has 0 saturated heterocycles. The Labute approximate surface area is 75.2 Å². The van der Waals surface area contributed by atoms with Crippen LogP contribution in [0.1, 0.15) is 45.4 Å². The van der Waals surface area contributed by atoms with Crippen molar-refractivity contribution in [3.05, 3.63) is 0 Å². The lowest BCUT2D eigenvalue weighted by Crippen LogP contribution is -2.30. The Kier molecular flexibility index (Phi) is 3.17. The fraction of sp³-hybridized carbons (Fsp3) is 0.818. The van der Waals surface area contributed by atoms with Crippen LogP contribution in [0.3, 0.4) is 0 Å². The summed E-state index contributed by atoms with van der Waals surface area (Å²) in [5.74, 6) is 2.92. The number of hydrogen-bond donors (Lipinski definition) is 1. The van der Waals surface area contributed by atoms with Crippen LogP contribution in [0, 0.1) is 18.3 Å². The summed E-state index contributed by atoms with van der Waals surface area (Å²) in [6, 6.07) is 0. The Balaban J connectivity index is 2.47. The van der Waals surface area contributed by atoms with Crippen molar-refractivity contribution >= 4 is 0 Å². The molecule has 0 spiro atoms. The lowest BCUT2D eigenvalue weighted by molar-refractivity contribution is 0.0564. The van der Waals surface area contributed by atoms with Gasteiger partial charge in [0, 0.05) is 0 Å². The summed E-state index contributed by atoms with van der Waals surface area (Å²) in [6.07, 6.45) is 11.8. The summed E-state index contributed by atoms with van der Waals surface area (Å²) >= 11 is 0. The average Bonchev–Trinajstić information content (AvgIpc) is 2.45. The number of rotatable bonds is 3. The van der Waals surface area contributed by atoms with E-state index in [1.54, 1.807) is 0 Å². The van der Waals surface area contributed by atoms with E-state index in [0.717, 1.165) is 25.7 Å². The largest absolute Gasteiger partial charge is 0.377 e. The second-order valence-corrected chi connectivity index (χ2v) is 3.80. The SMILES string of the molecule is C#CC1(O)CCCC1CCCC. The lowest BCUT2D eigenvalue weighted by Gasteiger charge is -2.24. The fourth-order valence-electron chi connectivity index (χ4n) is 2.08. The highest BCUT2D eigenvalue weighted by molar-refractivity contribution is 5.13. The van der Waals surface area contributed by atoms with Crippen LogP contribution in [0.15, 0.2) is 0 Å². The van der Waals surface area contributed by atoms with Crippen LogP contribution in [0.4, 0.5) is 0 Å². The van der Waals surface area contributed by atoms with Gasteiger partial charge < -0.3 is 5.11 Å². The van der Waals surface area contributed by atoms with Gasteiger partial charge in [0.05, 0.1) is 0 Å². The molecule has 2 atom stereocenters. The van der Waals surface area contributed by atoms with Crippen molar-refractivity contribution < 1.29 is 5.11 Å². The van der Waals surface area contributed by atoms with E-state index >= 15 is 0 Å². The lowest BCUT2D eigenvalue weighted by atomic mass is 9.87. The Morgan fingerprint density at radius 2 is 2.42 bits per heavy atom. The third-order valence-corrected chi connectivity index (χ3v) is 2.94. The number of aliphatic hydroxyl groups is 1. The van der Waals surface area contributed by atoms with E-state index in [-0.39, 0.29) is 0 Å². The highest BCUT2D eigenvalue weighted by Crippen LogP contribution is 2.38. The average molecular weight is 166 g/mol. The van der Waals surface area contributed by atoms with E-state index in [2.05, 4.69) is 12.8 Å². The topological polar surface area (TPSA) is 20.2 Å². The zero-order valence-corrected chi connectivity index (χ0v) is 7.84. The fourth-order valence-corrected chi connectivity index (χ4v) is 2.08. The molecule has 1 heteroatoms. The molecular weight excluding hydrogens is 148 g/mol. The van der Waals surface area contributed by atoms with Crippen LogP contribution in [0.5, 0.6) is 0 Å². The standard InChI is InChI=1S/C11H18O/c1-3-5-7-10-8-6-9-11(10,12)4-2/h2,10,12H,3,5-9H2,1H3. The quantitative estimate of drug-likeness (QED) is 0.638. The molecule has 1 N–H and O–H groups in total. The second-order valence-electron chi connectivity index (χ2n) is 3.80. The Hall–Kier alpha value is -0.480. The molecule has 2 unspecified atom stereocenters. The van der Waals surface area contributed by atoms with E-state index in [1.165, 1.54) is 12.8 Å². The second kappa shape index (κ2) is 3.96. The maximum atomic E-state index is 9.95. The summed E-state index contributed by atoms with van der Waals surface area (Å²) < 4.78 is 0. The summed E-state index contributed by atoms with van der Waals surface area (Å²) in [6.45, 7) is 2.17. The van der Waals surface area contributed by atoms with Gasteiger partial charge in [0.2, 0.25) is 0 Å². The van der Waals surface area contributed by atoms with Crippen molar-refractivity contribution in [3.8, 4) is 12.3 Å². The van der Waals surface area contributed by atoms with Gasteiger partial charge >= 0.3 is 0 Å². The molecular formula is C11H18O. The molecule has 1 aliphatic carbocycles. The first-order valence-electron chi connectivity index (χ1n) is 4.93. The van der Waals surface area contributed by atoms with Crippen molar-refractivity contribution in [3.63, 3.8) is 0 Å². The zero-order valence-electron chi connectivity index (χ0n) is 7.84. The molecule has 1 fully saturated rings. The number of hydrogen-bond acceptors (Lipinski definition) is 1. The Bertz CT molecular complexity index is 180. The summed E-state index contributed by atoms with van der Waals surface area (Å²) in [7, 11) is 0.